The van der Waals surface area contributed by atoms with E-state index in [1.165, 1.54) is 0 Å². The van der Waals surface area contributed by atoms with E-state index in [1.807, 2.05) is 31.2 Å². The Morgan fingerprint density at radius 1 is 0.905 bits per heavy atom. The molecule has 0 aliphatic rings. The van der Waals surface area contributed by atoms with Crippen LogP contribution in [0.1, 0.15) is 5.56 Å². The Hall–Kier alpha value is -2.88. The van der Waals surface area contributed by atoms with Crippen molar-refractivity contribution in [2.75, 3.05) is 5.73 Å². The van der Waals surface area contributed by atoms with Crippen LogP contribution >= 0.6 is 0 Å². The summed E-state index contributed by atoms with van der Waals surface area (Å²) in [6, 6.07) is 16.6. The first-order chi connectivity index (χ1) is 10.1. The van der Waals surface area contributed by atoms with Crippen LogP contribution in [0.3, 0.4) is 0 Å². The second-order valence-corrected chi connectivity index (χ2v) is 4.95. The number of nitrogens with two attached hydrogens (primary N) is 1. The summed E-state index contributed by atoms with van der Waals surface area (Å²) in [5, 5.41) is 20.3. The molecule has 0 aromatic heterocycles. The Balaban J connectivity index is 2.09. The summed E-state index contributed by atoms with van der Waals surface area (Å²) in [6.07, 6.45) is 0. The summed E-state index contributed by atoms with van der Waals surface area (Å²) in [7, 11) is 0. The van der Waals surface area contributed by atoms with Crippen LogP contribution in [0, 0.1) is 6.92 Å². The number of hydrogen-bond acceptors (Lipinski definition) is 4. The van der Waals surface area contributed by atoms with Gasteiger partial charge < -0.3 is 10.8 Å². The highest BCUT2D eigenvalue weighted by Gasteiger charge is 2.06. The van der Waals surface area contributed by atoms with Crippen LogP contribution in [0.15, 0.2) is 64.8 Å². The van der Waals surface area contributed by atoms with Crippen molar-refractivity contribution >= 4 is 27.8 Å². The summed E-state index contributed by atoms with van der Waals surface area (Å²) in [5.74, 6) is 0.118. The minimum Gasteiger partial charge on any atom is -0.506 e. The summed E-state index contributed by atoms with van der Waals surface area (Å²) in [4.78, 5) is 0. The lowest BCUT2D eigenvalue weighted by Gasteiger charge is -2.05. The summed E-state index contributed by atoms with van der Waals surface area (Å²) < 4.78 is 0. The normalized spacial score (nSPS) is 11.3. The van der Waals surface area contributed by atoms with Crippen molar-refractivity contribution in [1.29, 1.82) is 0 Å². The van der Waals surface area contributed by atoms with Crippen molar-refractivity contribution in [3.63, 3.8) is 0 Å². The first-order valence-electron chi connectivity index (χ1n) is 6.63. The third kappa shape index (κ3) is 2.69. The Morgan fingerprint density at radius 2 is 1.62 bits per heavy atom. The van der Waals surface area contributed by atoms with Gasteiger partial charge in [0.25, 0.3) is 0 Å². The molecule has 0 atom stereocenters. The lowest BCUT2D eigenvalue weighted by atomic mass is 10.1. The molecule has 0 spiro atoms. The number of phenolic OH excluding ortho intramolecular Hbond substituents is 1. The molecule has 0 aliphatic heterocycles. The Morgan fingerprint density at radius 3 is 2.38 bits per heavy atom. The molecule has 0 bridgehead atoms. The molecule has 0 saturated heterocycles. The first-order valence-corrected chi connectivity index (χ1v) is 6.63. The number of phenols is 1. The van der Waals surface area contributed by atoms with Crippen molar-refractivity contribution < 1.29 is 5.11 Å². The SMILES string of the molecule is Cc1ccc2ccc(O)c(N=Nc3ccc(N)cc3)c2c1. The van der Waals surface area contributed by atoms with Crippen LogP contribution in [-0.2, 0) is 0 Å². The standard InChI is InChI=1S/C17H15N3O/c1-11-2-3-12-4-9-16(21)17(15(12)10-11)20-19-14-7-5-13(18)6-8-14/h2-10,21H,18H2,1H3. The quantitative estimate of drug-likeness (QED) is 0.519. The predicted octanol–water partition coefficient (Wildman–Crippen LogP) is 4.85. The summed E-state index contributed by atoms with van der Waals surface area (Å²) >= 11 is 0. The molecule has 21 heavy (non-hydrogen) atoms. The lowest BCUT2D eigenvalue weighted by molar-refractivity contribution is 0.477. The zero-order chi connectivity index (χ0) is 14.8. The molecule has 0 saturated carbocycles. The van der Waals surface area contributed by atoms with Gasteiger partial charge in [0.1, 0.15) is 11.4 Å². The molecular weight excluding hydrogens is 262 g/mol. The van der Waals surface area contributed by atoms with Gasteiger partial charge in [0.05, 0.1) is 5.69 Å². The number of aromatic hydroxyl groups is 1. The largest absolute Gasteiger partial charge is 0.506 e. The lowest BCUT2D eigenvalue weighted by Crippen LogP contribution is -1.80. The molecule has 104 valence electrons. The van der Waals surface area contributed by atoms with E-state index in [1.54, 1.807) is 30.3 Å². The van der Waals surface area contributed by atoms with Crippen LogP contribution in [0.2, 0.25) is 0 Å². The summed E-state index contributed by atoms with van der Waals surface area (Å²) in [6.45, 7) is 2.00. The molecule has 0 heterocycles. The molecule has 0 radical (unpaired) electrons. The van der Waals surface area contributed by atoms with Gasteiger partial charge in [-0.15, -0.1) is 5.11 Å². The molecule has 3 aromatic rings. The van der Waals surface area contributed by atoms with Gasteiger partial charge in [-0.2, -0.15) is 5.11 Å². The van der Waals surface area contributed by atoms with Crippen molar-refractivity contribution in [3.8, 4) is 5.75 Å². The number of azo groups is 1. The van der Waals surface area contributed by atoms with Gasteiger partial charge >= 0.3 is 0 Å². The highest BCUT2D eigenvalue weighted by molar-refractivity contribution is 5.95. The molecule has 3 rings (SSSR count). The topological polar surface area (TPSA) is 71.0 Å². The number of nitrogen functional groups attached to an aromatic ring is 1. The smallest absolute Gasteiger partial charge is 0.143 e. The van der Waals surface area contributed by atoms with Crippen molar-refractivity contribution in [3.05, 3.63) is 60.2 Å². The van der Waals surface area contributed by atoms with Crippen LogP contribution in [0.5, 0.6) is 5.75 Å². The third-order valence-corrected chi connectivity index (χ3v) is 3.29. The summed E-state index contributed by atoms with van der Waals surface area (Å²) in [5.41, 5.74) is 8.59. The third-order valence-electron chi connectivity index (χ3n) is 3.29. The Kier molecular flexibility index (Phi) is 3.28. The van der Waals surface area contributed by atoms with Gasteiger partial charge in [-0.25, -0.2) is 0 Å². The van der Waals surface area contributed by atoms with E-state index in [4.69, 9.17) is 5.73 Å². The van der Waals surface area contributed by atoms with Gasteiger partial charge in [0, 0.05) is 11.1 Å². The second-order valence-electron chi connectivity index (χ2n) is 4.95. The number of nitrogens with zero attached hydrogens (tertiary/aromatic N) is 2. The van der Waals surface area contributed by atoms with E-state index in [0.717, 1.165) is 16.3 Å². The number of hydrogen-bond donors (Lipinski definition) is 2. The maximum Gasteiger partial charge on any atom is 0.143 e. The minimum atomic E-state index is 0.118. The minimum absolute atomic E-state index is 0.118. The number of benzene rings is 3. The molecule has 3 N–H and O–H groups in total. The molecule has 3 aromatic carbocycles. The molecule has 0 unspecified atom stereocenters. The molecule has 0 amide bonds. The maximum atomic E-state index is 10.0. The number of fused-ring (bicyclic) bond motifs is 1. The van der Waals surface area contributed by atoms with E-state index in [9.17, 15) is 5.11 Å². The van der Waals surface area contributed by atoms with Gasteiger partial charge in [-0.1, -0.05) is 23.8 Å². The van der Waals surface area contributed by atoms with Gasteiger partial charge in [-0.3, -0.25) is 0 Å². The Bertz CT molecular complexity index is 818. The first kappa shape index (κ1) is 13.1. The fourth-order valence-electron chi connectivity index (χ4n) is 2.16. The van der Waals surface area contributed by atoms with E-state index in [-0.39, 0.29) is 5.75 Å². The predicted molar refractivity (Wildman–Crippen MR) is 85.4 cm³/mol. The van der Waals surface area contributed by atoms with Crippen LogP contribution in [-0.4, -0.2) is 5.11 Å². The van der Waals surface area contributed by atoms with Crippen LogP contribution in [0.4, 0.5) is 17.1 Å². The molecule has 4 nitrogen and oxygen atoms in total. The zero-order valence-corrected chi connectivity index (χ0v) is 11.6. The highest BCUT2D eigenvalue weighted by Crippen LogP contribution is 2.36. The fourth-order valence-corrected chi connectivity index (χ4v) is 2.16. The van der Waals surface area contributed by atoms with Crippen molar-refractivity contribution in [2.24, 2.45) is 10.2 Å². The van der Waals surface area contributed by atoms with E-state index >= 15 is 0 Å². The highest BCUT2D eigenvalue weighted by atomic mass is 16.3. The average Bonchev–Trinajstić information content (AvgIpc) is 2.48. The van der Waals surface area contributed by atoms with E-state index in [2.05, 4.69) is 10.2 Å². The second kappa shape index (κ2) is 5.25. The molecule has 0 aliphatic carbocycles. The molecular formula is C17H15N3O. The number of aryl methyl sites for hydroxylation is 1. The maximum absolute atomic E-state index is 10.0. The van der Waals surface area contributed by atoms with Crippen LogP contribution in [0.25, 0.3) is 10.8 Å². The Labute approximate surface area is 122 Å². The number of anilines is 1. The van der Waals surface area contributed by atoms with Crippen LogP contribution < -0.4 is 5.73 Å². The molecule has 0 fully saturated rings. The number of rotatable bonds is 2. The fraction of sp³-hybridized carbons (Fsp3) is 0.0588. The molecule has 4 heteroatoms. The monoisotopic (exact) mass is 277 g/mol. The van der Waals surface area contributed by atoms with E-state index in [0.29, 0.717) is 17.1 Å². The van der Waals surface area contributed by atoms with Gasteiger partial charge in [0.15, 0.2) is 0 Å². The van der Waals surface area contributed by atoms with Gasteiger partial charge in [-0.05, 0) is 48.7 Å². The van der Waals surface area contributed by atoms with Crippen molar-refractivity contribution in [1.82, 2.24) is 0 Å². The average molecular weight is 277 g/mol. The van der Waals surface area contributed by atoms with Crippen molar-refractivity contribution in [2.45, 2.75) is 6.92 Å². The van der Waals surface area contributed by atoms with Gasteiger partial charge in [0.2, 0.25) is 0 Å². The van der Waals surface area contributed by atoms with E-state index < -0.39 is 0 Å². The zero-order valence-electron chi connectivity index (χ0n) is 11.6.